The first kappa shape index (κ1) is 17.6. The molecular weight excluding hydrogens is 308 g/mol. The molecule has 0 radical (unpaired) electrons. The first-order chi connectivity index (χ1) is 12.0. The third-order valence-electron chi connectivity index (χ3n) is 4.81. The van der Waals surface area contributed by atoms with Crippen LogP contribution >= 0.6 is 0 Å². The number of rotatable bonds is 5. The molecule has 4 nitrogen and oxygen atoms in total. The number of nitrogens with one attached hydrogen (secondary N) is 1. The van der Waals surface area contributed by atoms with Crippen LogP contribution in [0, 0.1) is 5.41 Å². The molecule has 2 aromatic rings. The van der Waals surface area contributed by atoms with Gasteiger partial charge in [-0.25, -0.2) is 5.10 Å². The molecule has 0 unspecified atom stereocenters. The Hall–Kier alpha value is -2.23. The number of tetrazole rings is 1. The van der Waals surface area contributed by atoms with Gasteiger partial charge in [0.25, 0.3) is 0 Å². The van der Waals surface area contributed by atoms with Gasteiger partial charge in [0, 0.05) is 5.56 Å². The fourth-order valence-electron chi connectivity index (χ4n) is 3.84. The fourth-order valence-corrected chi connectivity index (χ4v) is 3.84. The lowest BCUT2D eigenvalue weighted by Gasteiger charge is -2.33. The highest BCUT2D eigenvalue weighted by atomic mass is 15.5. The second-order valence-corrected chi connectivity index (χ2v) is 7.77. The lowest BCUT2D eigenvalue weighted by molar-refractivity contribution is 0.502. The highest BCUT2D eigenvalue weighted by Gasteiger charge is 2.28. The molecule has 0 aliphatic heterocycles. The van der Waals surface area contributed by atoms with E-state index in [2.05, 4.69) is 78.7 Å². The predicted molar refractivity (Wildman–Crippen MR) is 103 cm³/mol. The van der Waals surface area contributed by atoms with Crippen LogP contribution in [0.3, 0.4) is 0 Å². The SMILES string of the molecule is CCCCC1=CCCC(c2ccccc2-c2nnn[nH]2)=C1C(C)(C)C. The first-order valence-electron chi connectivity index (χ1n) is 9.29. The average molecular weight is 336 g/mol. The number of aromatic amines is 1. The van der Waals surface area contributed by atoms with Crippen LogP contribution in [0.2, 0.25) is 0 Å². The number of hydrogen-bond donors (Lipinski definition) is 1. The van der Waals surface area contributed by atoms with E-state index in [1.54, 1.807) is 0 Å². The Morgan fingerprint density at radius 1 is 1.12 bits per heavy atom. The van der Waals surface area contributed by atoms with E-state index in [4.69, 9.17) is 0 Å². The second-order valence-electron chi connectivity index (χ2n) is 7.77. The summed E-state index contributed by atoms with van der Waals surface area (Å²) in [6.45, 7) is 9.24. The van der Waals surface area contributed by atoms with Crippen molar-refractivity contribution in [3.05, 3.63) is 47.1 Å². The van der Waals surface area contributed by atoms with Gasteiger partial charge in [0.15, 0.2) is 5.82 Å². The lowest BCUT2D eigenvalue weighted by atomic mass is 9.72. The zero-order chi connectivity index (χ0) is 17.9. The van der Waals surface area contributed by atoms with Gasteiger partial charge in [0.2, 0.25) is 0 Å². The fraction of sp³-hybridized carbons (Fsp3) is 0.476. The topological polar surface area (TPSA) is 54.5 Å². The largest absolute Gasteiger partial charge is 0.239 e. The molecular formula is C21H28N4. The van der Waals surface area contributed by atoms with Crippen molar-refractivity contribution in [2.75, 3.05) is 0 Å². The standard InChI is InChI=1S/C21H28N4/c1-5-6-10-15-11-9-14-17(19(15)21(2,3)4)16-12-7-8-13-18(16)20-22-24-25-23-20/h7-8,11-13H,5-6,9-10,14H2,1-4H3,(H,22,23,24,25). The van der Waals surface area contributed by atoms with E-state index >= 15 is 0 Å². The third-order valence-corrected chi connectivity index (χ3v) is 4.81. The molecule has 1 aromatic heterocycles. The summed E-state index contributed by atoms with van der Waals surface area (Å²) in [4.78, 5) is 0. The van der Waals surface area contributed by atoms with E-state index in [0.717, 1.165) is 24.2 Å². The van der Waals surface area contributed by atoms with E-state index in [1.807, 2.05) is 0 Å². The molecule has 132 valence electrons. The minimum Gasteiger partial charge on any atom is -0.239 e. The summed E-state index contributed by atoms with van der Waals surface area (Å²) in [5.74, 6) is 0.737. The maximum Gasteiger partial charge on any atom is 0.180 e. The Morgan fingerprint density at radius 2 is 1.88 bits per heavy atom. The first-order valence-corrected chi connectivity index (χ1v) is 9.29. The van der Waals surface area contributed by atoms with Gasteiger partial charge in [-0.3, -0.25) is 0 Å². The van der Waals surface area contributed by atoms with Crippen molar-refractivity contribution >= 4 is 5.57 Å². The normalized spacial score (nSPS) is 15.4. The van der Waals surface area contributed by atoms with Crippen LogP contribution in [0.15, 0.2) is 41.5 Å². The molecule has 0 atom stereocenters. The Morgan fingerprint density at radius 3 is 2.52 bits per heavy atom. The van der Waals surface area contributed by atoms with Gasteiger partial charge in [-0.2, -0.15) is 0 Å². The van der Waals surface area contributed by atoms with Gasteiger partial charge in [0.1, 0.15) is 0 Å². The van der Waals surface area contributed by atoms with Crippen molar-refractivity contribution in [1.82, 2.24) is 20.6 Å². The lowest BCUT2D eigenvalue weighted by Crippen LogP contribution is -2.17. The summed E-state index contributed by atoms with van der Waals surface area (Å²) in [7, 11) is 0. The molecule has 1 N–H and O–H groups in total. The van der Waals surface area contributed by atoms with Gasteiger partial charge in [-0.1, -0.05) is 64.5 Å². The van der Waals surface area contributed by atoms with E-state index in [9.17, 15) is 0 Å². The zero-order valence-corrected chi connectivity index (χ0v) is 15.8. The predicted octanol–water partition coefficient (Wildman–Crippen LogP) is 5.58. The van der Waals surface area contributed by atoms with Gasteiger partial charge >= 0.3 is 0 Å². The van der Waals surface area contributed by atoms with E-state index in [1.165, 1.54) is 41.5 Å². The minimum atomic E-state index is 0.113. The van der Waals surface area contributed by atoms with Crippen LogP contribution in [0.1, 0.15) is 65.4 Å². The number of aromatic nitrogens is 4. The molecule has 1 aromatic carbocycles. The highest BCUT2D eigenvalue weighted by molar-refractivity contribution is 5.83. The minimum absolute atomic E-state index is 0.113. The smallest absolute Gasteiger partial charge is 0.180 e. The van der Waals surface area contributed by atoms with Gasteiger partial charge < -0.3 is 0 Å². The Bertz CT molecular complexity index is 776. The van der Waals surface area contributed by atoms with Crippen molar-refractivity contribution in [2.45, 2.75) is 59.8 Å². The third kappa shape index (κ3) is 3.73. The monoisotopic (exact) mass is 336 g/mol. The van der Waals surface area contributed by atoms with Crippen LogP contribution < -0.4 is 0 Å². The van der Waals surface area contributed by atoms with Crippen LogP contribution in [0.5, 0.6) is 0 Å². The number of nitrogens with zero attached hydrogens (tertiary/aromatic N) is 3. The van der Waals surface area contributed by atoms with E-state index in [0.29, 0.717) is 0 Å². The maximum atomic E-state index is 4.14. The molecule has 1 aliphatic rings. The molecule has 0 saturated heterocycles. The molecule has 25 heavy (non-hydrogen) atoms. The molecule has 0 spiro atoms. The quantitative estimate of drug-likeness (QED) is 0.775. The second kappa shape index (κ2) is 7.34. The summed E-state index contributed by atoms with van der Waals surface area (Å²) in [6, 6.07) is 8.48. The number of unbranched alkanes of at least 4 members (excludes halogenated alkanes) is 1. The zero-order valence-electron chi connectivity index (χ0n) is 15.8. The molecule has 0 fully saturated rings. The Kier molecular flexibility index (Phi) is 5.16. The highest BCUT2D eigenvalue weighted by Crippen LogP contribution is 2.45. The molecule has 3 rings (SSSR count). The Balaban J connectivity index is 2.16. The summed E-state index contributed by atoms with van der Waals surface area (Å²) >= 11 is 0. The van der Waals surface area contributed by atoms with Crippen LogP contribution in [-0.4, -0.2) is 20.6 Å². The van der Waals surface area contributed by atoms with Crippen molar-refractivity contribution < 1.29 is 0 Å². The summed E-state index contributed by atoms with van der Waals surface area (Å²) in [6.07, 6.45) is 8.27. The van der Waals surface area contributed by atoms with E-state index in [-0.39, 0.29) is 5.41 Å². The molecule has 0 amide bonds. The van der Waals surface area contributed by atoms with Crippen molar-refractivity contribution in [3.63, 3.8) is 0 Å². The average Bonchev–Trinajstić information content (AvgIpc) is 3.13. The summed E-state index contributed by atoms with van der Waals surface area (Å²) < 4.78 is 0. The number of hydrogen-bond acceptors (Lipinski definition) is 3. The molecule has 1 aliphatic carbocycles. The molecule has 4 heteroatoms. The van der Waals surface area contributed by atoms with Crippen molar-refractivity contribution in [3.8, 4) is 11.4 Å². The van der Waals surface area contributed by atoms with Crippen LogP contribution in [-0.2, 0) is 0 Å². The molecule has 0 saturated carbocycles. The number of benzene rings is 1. The van der Waals surface area contributed by atoms with Gasteiger partial charge in [-0.15, -0.1) is 5.10 Å². The number of H-pyrrole nitrogens is 1. The van der Waals surface area contributed by atoms with Gasteiger partial charge in [0.05, 0.1) is 0 Å². The summed E-state index contributed by atoms with van der Waals surface area (Å²) in [5, 5.41) is 14.6. The molecule has 1 heterocycles. The van der Waals surface area contributed by atoms with Crippen molar-refractivity contribution in [2.24, 2.45) is 5.41 Å². The van der Waals surface area contributed by atoms with Crippen LogP contribution in [0.4, 0.5) is 0 Å². The number of allylic oxidation sites excluding steroid dienone is 4. The maximum absolute atomic E-state index is 4.14. The van der Waals surface area contributed by atoms with E-state index < -0.39 is 0 Å². The van der Waals surface area contributed by atoms with Gasteiger partial charge in [-0.05, 0) is 63.8 Å². The summed E-state index contributed by atoms with van der Waals surface area (Å²) in [5.41, 5.74) is 6.94. The molecule has 0 bridgehead atoms. The van der Waals surface area contributed by atoms with Crippen molar-refractivity contribution in [1.29, 1.82) is 0 Å². The van der Waals surface area contributed by atoms with Crippen LogP contribution in [0.25, 0.3) is 17.0 Å². The Labute approximate surface area is 150 Å².